The first-order valence-corrected chi connectivity index (χ1v) is 10.4. The van der Waals surface area contributed by atoms with Gasteiger partial charge in [0.2, 0.25) is 5.91 Å². The van der Waals surface area contributed by atoms with Crippen LogP contribution in [-0.2, 0) is 11.3 Å². The predicted molar refractivity (Wildman–Crippen MR) is 118 cm³/mol. The molecule has 7 heteroatoms. The number of rotatable bonds is 8. The number of hydrogen-bond donors (Lipinski definition) is 0. The van der Waals surface area contributed by atoms with E-state index in [1.165, 1.54) is 11.8 Å². The van der Waals surface area contributed by atoms with E-state index < -0.39 is 0 Å². The molecule has 6 nitrogen and oxygen atoms in total. The zero-order valence-electron chi connectivity index (χ0n) is 16.9. The van der Waals surface area contributed by atoms with Crippen LogP contribution in [0.4, 0.5) is 0 Å². The van der Waals surface area contributed by atoms with Crippen molar-refractivity contribution in [3.05, 3.63) is 59.7 Å². The van der Waals surface area contributed by atoms with E-state index in [0.29, 0.717) is 11.7 Å². The molecular formula is C22H25N3O3S. The van der Waals surface area contributed by atoms with Crippen molar-refractivity contribution < 1.29 is 14.3 Å². The Labute approximate surface area is 175 Å². The molecule has 3 rings (SSSR count). The molecule has 0 spiro atoms. The molecule has 1 aliphatic rings. The molecule has 0 aliphatic carbocycles. The maximum Gasteiger partial charge on any atom is 0.242 e. The van der Waals surface area contributed by atoms with Crippen molar-refractivity contribution in [3.8, 4) is 11.5 Å². The van der Waals surface area contributed by atoms with Gasteiger partial charge in [0.1, 0.15) is 11.5 Å². The fourth-order valence-electron chi connectivity index (χ4n) is 2.93. The van der Waals surface area contributed by atoms with Crippen LogP contribution in [-0.4, -0.2) is 41.7 Å². The third-order valence-electron chi connectivity index (χ3n) is 4.54. The highest BCUT2D eigenvalue weighted by Crippen LogP contribution is 2.32. The lowest BCUT2D eigenvalue weighted by molar-refractivity contribution is -0.126. The summed E-state index contributed by atoms with van der Waals surface area (Å²) in [6.45, 7) is 2.55. The van der Waals surface area contributed by atoms with Crippen LogP contribution in [0.2, 0.25) is 0 Å². The van der Waals surface area contributed by atoms with Gasteiger partial charge in [-0.15, -0.1) is 5.10 Å². The SMILES string of the molecule is CCCC1SC(=NN=Cc2ccc(OC)cc2)N(Cc2ccc(OC)cc2)C1=O. The van der Waals surface area contributed by atoms with Crippen molar-refractivity contribution in [3.63, 3.8) is 0 Å². The Morgan fingerprint density at radius 1 is 1.03 bits per heavy atom. The van der Waals surface area contributed by atoms with Crippen LogP contribution in [0.3, 0.4) is 0 Å². The average Bonchev–Trinajstić information content (AvgIpc) is 3.04. The standard InChI is InChI=1S/C22H25N3O3S/c1-4-5-20-21(26)25(15-17-8-12-19(28-3)13-9-17)22(29-20)24-23-14-16-6-10-18(27-2)11-7-16/h6-14,20H,4-5,15H2,1-3H3. The van der Waals surface area contributed by atoms with E-state index in [9.17, 15) is 4.79 Å². The Kier molecular flexibility index (Phi) is 7.30. The number of benzene rings is 2. The Hall–Kier alpha value is -2.80. The predicted octanol–water partition coefficient (Wildman–Crippen LogP) is 4.34. The summed E-state index contributed by atoms with van der Waals surface area (Å²) in [7, 11) is 3.27. The molecule has 0 saturated carbocycles. The number of hydrogen-bond acceptors (Lipinski definition) is 6. The lowest BCUT2D eigenvalue weighted by atomic mass is 10.2. The van der Waals surface area contributed by atoms with E-state index in [2.05, 4.69) is 17.1 Å². The molecular weight excluding hydrogens is 386 g/mol. The highest BCUT2D eigenvalue weighted by atomic mass is 32.2. The Balaban J connectivity index is 1.77. The Morgan fingerprint density at radius 3 is 2.24 bits per heavy atom. The van der Waals surface area contributed by atoms with E-state index in [1.807, 2.05) is 48.5 Å². The van der Waals surface area contributed by atoms with Gasteiger partial charge in [-0.25, -0.2) is 0 Å². The van der Waals surface area contributed by atoms with Gasteiger partial charge in [-0.1, -0.05) is 37.2 Å². The summed E-state index contributed by atoms with van der Waals surface area (Å²) in [6, 6.07) is 15.3. The molecule has 29 heavy (non-hydrogen) atoms. The molecule has 0 bridgehead atoms. The van der Waals surface area contributed by atoms with E-state index in [-0.39, 0.29) is 11.2 Å². The molecule has 0 N–H and O–H groups in total. The summed E-state index contributed by atoms with van der Waals surface area (Å²) in [4.78, 5) is 14.6. The number of methoxy groups -OCH3 is 2. The van der Waals surface area contributed by atoms with Gasteiger partial charge in [-0.2, -0.15) is 5.10 Å². The third kappa shape index (κ3) is 5.38. The summed E-state index contributed by atoms with van der Waals surface area (Å²) >= 11 is 1.49. The fraction of sp³-hybridized carbons (Fsp3) is 0.318. The van der Waals surface area contributed by atoms with E-state index >= 15 is 0 Å². The molecule has 1 heterocycles. The summed E-state index contributed by atoms with van der Waals surface area (Å²) in [5, 5.41) is 9.10. The van der Waals surface area contributed by atoms with Crippen molar-refractivity contribution in [2.45, 2.75) is 31.6 Å². The molecule has 0 radical (unpaired) electrons. The van der Waals surface area contributed by atoms with Crippen LogP contribution >= 0.6 is 11.8 Å². The first-order chi connectivity index (χ1) is 14.1. The molecule has 0 aromatic heterocycles. The van der Waals surface area contributed by atoms with E-state index in [4.69, 9.17) is 9.47 Å². The minimum absolute atomic E-state index is 0.0889. The van der Waals surface area contributed by atoms with Gasteiger partial charge in [0.25, 0.3) is 0 Å². The minimum atomic E-state index is -0.104. The van der Waals surface area contributed by atoms with Gasteiger partial charge < -0.3 is 9.47 Å². The molecule has 152 valence electrons. The number of carbonyl (C=O) groups excluding carboxylic acids is 1. The van der Waals surface area contributed by atoms with E-state index in [1.54, 1.807) is 25.3 Å². The van der Waals surface area contributed by atoms with E-state index in [0.717, 1.165) is 35.5 Å². The van der Waals surface area contributed by atoms with Crippen LogP contribution in [0, 0.1) is 0 Å². The van der Waals surface area contributed by atoms with Crippen LogP contribution in [0.1, 0.15) is 30.9 Å². The van der Waals surface area contributed by atoms with Crippen LogP contribution in [0.5, 0.6) is 11.5 Å². The molecule has 1 aliphatic heterocycles. The second-order valence-corrected chi connectivity index (χ2v) is 7.74. The van der Waals surface area contributed by atoms with Crippen LogP contribution < -0.4 is 9.47 Å². The highest BCUT2D eigenvalue weighted by Gasteiger charge is 2.37. The number of amides is 1. The lowest BCUT2D eigenvalue weighted by Crippen LogP contribution is -2.31. The lowest BCUT2D eigenvalue weighted by Gasteiger charge is -2.16. The van der Waals surface area contributed by atoms with Crippen molar-refractivity contribution in [2.24, 2.45) is 10.2 Å². The highest BCUT2D eigenvalue weighted by molar-refractivity contribution is 8.15. The number of nitrogens with zero attached hydrogens (tertiary/aromatic N) is 3. The molecule has 1 amide bonds. The molecule has 1 saturated heterocycles. The summed E-state index contributed by atoms with van der Waals surface area (Å²) < 4.78 is 10.4. The zero-order chi connectivity index (χ0) is 20.6. The van der Waals surface area contributed by atoms with Crippen LogP contribution in [0.15, 0.2) is 58.7 Å². The quantitative estimate of drug-likeness (QED) is 0.479. The topological polar surface area (TPSA) is 63.5 Å². The number of thioether (sulfide) groups is 1. The average molecular weight is 412 g/mol. The summed E-state index contributed by atoms with van der Waals surface area (Å²) in [5.41, 5.74) is 1.93. The van der Waals surface area contributed by atoms with Crippen molar-refractivity contribution in [1.29, 1.82) is 0 Å². The second-order valence-electron chi connectivity index (χ2n) is 6.57. The first-order valence-electron chi connectivity index (χ1n) is 9.50. The van der Waals surface area contributed by atoms with Crippen molar-refractivity contribution in [2.75, 3.05) is 14.2 Å². The van der Waals surface area contributed by atoms with Crippen molar-refractivity contribution >= 4 is 29.1 Å². The number of amidine groups is 1. The number of ether oxygens (including phenoxy) is 2. The van der Waals surface area contributed by atoms with Gasteiger partial charge in [0.05, 0.1) is 32.2 Å². The molecule has 1 unspecified atom stereocenters. The number of carbonyl (C=O) groups is 1. The Morgan fingerprint density at radius 2 is 1.66 bits per heavy atom. The maximum absolute atomic E-state index is 12.9. The smallest absolute Gasteiger partial charge is 0.242 e. The fourth-order valence-corrected chi connectivity index (χ4v) is 4.14. The molecule has 2 aromatic carbocycles. The minimum Gasteiger partial charge on any atom is -0.497 e. The molecule has 1 fully saturated rings. The van der Waals surface area contributed by atoms with Crippen LogP contribution in [0.25, 0.3) is 0 Å². The van der Waals surface area contributed by atoms with Gasteiger partial charge in [0.15, 0.2) is 5.17 Å². The monoisotopic (exact) mass is 411 g/mol. The van der Waals surface area contributed by atoms with Gasteiger partial charge >= 0.3 is 0 Å². The summed E-state index contributed by atoms with van der Waals surface area (Å²) in [6.07, 6.45) is 3.45. The molecule has 2 aromatic rings. The molecule has 1 atom stereocenters. The van der Waals surface area contributed by atoms with Gasteiger partial charge in [-0.05, 0) is 53.9 Å². The zero-order valence-corrected chi connectivity index (χ0v) is 17.7. The van der Waals surface area contributed by atoms with Gasteiger partial charge in [-0.3, -0.25) is 9.69 Å². The summed E-state index contributed by atoms with van der Waals surface area (Å²) in [5.74, 6) is 1.67. The largest absolute Gasteiger partial charge is 0.497 e. The normalized spacial score (nSPS) is 18.0. The second kappa shape index (κ2) is 10.1. The van der Waals surface area contributed by atoms with Gasteiger partial charge in [0, 0.05) is 0 Å². The Bertz CT molecular complexity index is 879. The first kappa shape index (κ1) is 20.9. The van der Waals surface area contributed by atoms with Crippen molar-refractivity contribution in [1.82, 2.24) is 4.90 Å². The third-order valence-corrected chi connectivity index (χ3v) is 5.77. The maximum atomic E-state index is 12.9.